The van der Waals surface area contributed by atoms with Crippen molar-refractivity contribution < 1.29 is 37.0 Å². The molecule has 8 heteroatoms. The fraction of sp³-hybridized carbons (Fsp3) is 0.636. The van der Waals surface area contributed by atoms with Crippen LogP contribution < -0.4 is 0 Å². The zero-order valence-electron chi connectivity index (χ0n) is 10.5. The molecule has 0 spiro atoms. The van der Waals surface area contributed by atoms with Crippen LogP contribution in [0, 0.1) is 5.41 Å². The minimum absolute atomic E-state index is 0.364. The molecule has 0 aromatic heterocycles. The highest BCUT2D eigenvalue weighted by Crippen LogP contribution is 2.38. The molecule has 1 atom stereocenters. The molecule has 0 bridgehead atoms. The summed E-state index contributed by atoms with van der Waals surface area (Å²) in [6.45, 7) is 3.59. The molecule has 0 fully saturated rings. The summed E-state index contributed by atoms with van der Waals surface area (Å²) >= 11 is 0. The zero-order valence-corrected chi connectivity index (χ0v) is 10.5. The first-order chi connectivity index (χ1) is 8.39. The normalized spacial score (nSPS) is 14.7. The second kappa shape index (κ2) is 6.03. The second-order valence-corrected chi connectivity index (χ2v) is 4.83. The number of hydrogen-bond acceptors (Lipinski definition) is 3. The third kappa shape index (κ3) is 5.27. The molecular weight excluding hydrogens is 272 g/mol. The average molecular weight is 286 g/mol. The van der Waals surface area contributed by atoms with E-state index in [-0.39, 0.29) is 0 Å². The first-order valence-electron chi connectivity index (χ1n) is 5.16. The zero-order chi connectivity index (χ0) is 15.4. The van der Waals surface area contributed by atoms with Crippen LogP contribution >= 0.6 is 0 Å². The van der Waals surface area contributed by atoms with Gasteiger partial charge in [-0.25, -0.2) is 18.4 Å². The molecule has 0 heterocycles. The first kappa shape index (κ1) is 17.4. The Kier molecular flexibility index (Phi) is 5.52. The van der Waals surface area contributed by atoms with E-state index in [0.29, 0.717) is 12.2 Å². The van der Waals surface area contributed by atoms with Crippen LogP contribution in [-0.2, 0) is 14.3 Å². The fourth-order valence-electron chi connectivity index (χ4n) is 1.24. The van der Waals surface area contributed by atoms with Gasteiger partial charge in [0, 0.05) is 17.6 Å². The number of carboxylic acids is 1. The molecular formula is C11H14F4O4. The molecule has 19 heavy (non-hydrogen) atoms. The third-order valence-electron chi connectivity index (χ3n) is 2.02. The van der Waals surface area contributed by atoms with Crippen LogP contribution in [0.1, 0.15) is 20.8 Å². The molecule has 0 aliphatic rings. The molecule has 0 amide bonds. The number of esters is 1. The Hall–Kier alpha value is -1.60. The molecule has 0 aliphatic heterocycles. The van der Waals surface area contributed by atoms with Gasteiger partial charge in [-0.15, -0.1) is 0 Å². The summed E-state index contributed by atoms with van der Waals surface area (Å²) in [5.41, 5.74) is -1.45. The monoisotopic (exact) mass is 286 g/mol. The summed E-state index contributed by atoms with van der Waals surface area (Å²) in [6.07, 6.45) is -5.65. The standard InChI is InChI=1S/C11H14F4O4/c1-10(2,3)8(11(14,15)9(12)13)19-7(18)5-4-6(16)17/h4-5,8-9H,1-3H3,(H,16,17)/b5-4+. The number of rotatable bonds is 5. The Morgan fingerprint density at radius 3 is 1.95 bits per heavy atom. The van der Waals surface area contributed by atoms with Gasteiger partial charge < -0.3 is 9.84 Å². The van der Waals surface area contributed by atoms with Crippen LogP contribution in [0.2, 0.25) is 0 Å². The Balaban J connectivity index is 5.12. The van der Waals surface area contributed by atoms with Gasteiger partial charge >= 0.3 is 24.3 Å². The molecule has 0 saturated heterocycles. The van der Waals surface area contributed by atoms with E-state index >= 15 is 0 Å². The molecule has 0 aromatic rings. The fourth-order valence-corrected chi connectivity index (χ4v) is 1.24. The summed E-state index contributed by atoms with van der Waals surface area (Å²) < 4.78 is 55.5. The van der Waals surface area contributed by atoms with Gasteiger partial charge in [-0.05, 0) is 0 Å². The lowest BCUT2D eigenvalue weighted by atomic mass is 9.85. The number of alkyl halides is 4. The number of halogens is 4. The van der Waals surface area contributed by atoms with Crippen LogP contribution in [-0.4, -0.2) is 35.5 Å². The van der Waals surface area contributed by atoms with Crippen LogP contribution in [0.5, 0.6) is 0 Å². The lowest BCUT2D eigenvalue weighted by Gasteiger charge is -2.35. The Morgan fingerprint density at radius 1 is 1.16 bits per heavy atom. The van der Waals surface area contributed by atoms with Gasteiger partial charge in [0.15, 0.2) is 6.10 Å². The minimum Gasteiger partial charge on any atom is -0.478 e. The third-order valence-corrected chi connectivity index (χ3v) is 2.02. The van der Waals surface area contributed by atoms with Crippen molar-refractivity contribution in [2.75, 3.05) is 0 Å². The molecule has 1 unspecified atom stereocenters. The van der Waals surface area contributed by atoms with Crippen LogP contribution in [0.4, 0.5) is 17.6 Å². The van der Waals surface area contributed by atoms with Crippen molar-refractivity contribution in [3.8, 4) is 0 Å². The topological polar surface area (TPSA) is 63.6 Å². The summed E-state index contributed by atoms with van der Waals surface area (Å²) in [4.78, 5) is 21.3. The van der Waals surface area contributed by atoms with Crippen molar-refractivity contribution >= 4 is 11.9 Å². The first-order valence-corrected chi connectivity index (χ1v) is 5.16. The second-order valence-electron chi connectivity index (χ2n) is 4.83. The number of ether oxygens (including phenoxy) is 1. The SMILES string of the molecule is CC(C)(C)C(OC(=O)/C=C/C(=O)O)C(F)(F)C(F)F. The van der Waals surface area contributed by atoms with E-state index in [2.05, 4.69) is 4.74 Å². The van der Waals surface area contributed by atoms with Gasteiger partial charge in [-0.3, -0.25) is 0 Å². The van der Waals surface area contributed by atoms with Gasteiger partial charge in [-0.2, -0.15) is 8.78 Å². The maximum Gasteiger partial charge on any atom is 0.343 e. The number of carboxylic acid groups (broad SMARTS) is 1. The van der Waals surface area contributed by atoms with Crippen molar-refractivity contribution in [2.24, 2.45) is 5.41 Å². The van der Waals surface area contributed by atoms with Crippen molar-refractivity contribution in [3.05, 3.63) is 12.2 Å². The predicted octanol–water partition coefficient (Wildman–Crippen LogP) is 2.49. The van der Waals surface area contributed by atoms with Crippen LogP contribution in [0.15, 0.2) is 12.2 Å². The van der Waals surface area contributed by atoms with Gasteiger partial charge in [0.2, 0.25) is 0 Å². The Bertz CT molecular complexity index is 371. The van der Waals surface area contributed by atoms with E-state index < -0.39 is 35.8 Å². The van der Waals surface area contributed by atoms with Crippen molar-refractivity contribution in [1.29, 1.82) is 0 Å². The molecule has 0 aromatic carbocycles. The van der Waals surface area contributed by atoms with Gasteiger partial charge in [0.25, 0.3) is 0 Å². The van der Waals surface area contributed by atoms with Crippen molar-refractivity contribution in [3.63, 3.8) is 0 Å². The largest absolute Gasteiger partial charge is 0.478 e. The quantitative estimate of drug-likeness (QED) is 0.479. The molecule has 4 nitrogen and oxygen atoms in total. The highest BCUT2D eigenvalue weighted by Gasteiger charge is 2.55. The number of aliphatic carboxylic acids is 1. The summed E-state index contributed by atoms with van der Waals surface area (Å²) in [5, 5.41) is 8.24. The van der Waals surface area contributed by atoms with E-state index in [4.69, 9.17) is 5.11 Å². The molecule has 110 valence electrons. The number of hydrogen-bond donors (Lipinski definition) is 1. The number of carbonyl (C=O) groups is 2. The molecule has 1 N–H and O–H groups in total. The van der Waals surface area contributed by atoms with Gasteiger partial charge in [-0.1, -0.05) is 20.8 Å². The van der Waals surface area contributed by atoms with E-state index in [1.165, 1.54) is 20.8 Å². The molecule has 0 aliphatic carbocycles. The summed E-state index contributed by atoms with van der Waals surface area (Å²) in [6, 6.07) is 0. The van der Waals surface area contributed by atoms with Crippen LogP contribution in [0.3, 0.4) is 0 Å². The minimum atomic E-state index is -4.54. The number of carbonyl (C=O) groups excluding carboxylic acids is 1. The average Bonchev–Trinajstić information content (AvgIpc) is 2.20. The smallest absolute Gasteiger partial charge is 0.343 e. The lowest BCUT2D eigenvalue weighted by molar-refractivity contribution is -0.229. The molecule has 0 radical (unpaired) electrons. The van der Waals surface area contributed by atoms with Gasteiger partial charge in [0.1, 0.15) is 0 Å². The van der Waals surface area contributed by atoms with E-state index in [0.717, 1.165) is 0 Å². The molecule has 0 saturated carbocycles. The summed E-state index contributed by atoms with van der Waals surface area (Å²) in [7, 11) is 0. The van der Waals surface area contributed by atoms with E-state index in [9.17, 15) is 27.2 Å². The highest BCUT2D eigenvalue weighted by atomic mass is 19.3. The Labute approximate surface area is 107 Å². The van der Waals surface area contributed by atoms with Crippen molar-refractivity contribution in [2.45, 2.75) is 39.2 Å². The van der Waals surface area contributed by atoms with Gasteiger partial charge in [0.05, 0.1) is 0 Å². The van der Waals surface area contributed by atoms with E-state index in [1.807, 2.05) is 0 Å². The predicted molar refractivity (Wildman–Crippen MR) is 57.1 cm³/mol. The lowest BCUT2D eigenvalue weighted by Crippen LogP contribution is -2.50. The molecule has 0 rings (SSSR count). The maximum atomic E-state index is 13.3. The highest BCUT2D eigenvalue weighted by molar-refractivity contribution is 5.90. The van der Waals surface area contributed by atoms with E-state index in [1.54, 1.807) is 0 Å². The van der Waals surface area contributed by atoms with Crippen molar-refractivity contribution in [1.82, 2.24) is 0 Å². The summed E-state index contributed by atoms with van der Waals surface area (Å²) in [5.74, 6) is -7.46. The maximum absolute atomic E-state index is 13.3. The van der Waals surface area contributed by atoms with Crippen LogP contribution in [0.25, 0.3) is 0 Å². The Morgan fingerprint density at radius 2 is 1.63 bits per heavy atom.